The highest BCUT2D eigenvalue weighted by Crippen LogP contribution is 2.28. The smallest absolute Gasteiger partial charge is 0.323 e. The van der Waals surface area contributed by atoms with E-state index in [1.807, 2.05) is 30.3 Å². The highest BCUT2D eigenvalue weighted by Gasteiger charge is 2.36. The number of carbonyl (C=O) groups excluding carboxylic acids is 3. The molecule has 1 heterocycles. The molecule has 0 bridgehead atoms. The highest BCUT2D eigenvalue weighted by molar-refractivity contribution is 7.89. The molecule has 3 amide bonds. The lowest BCUT2D eigenvalue weighted by molar-refractivity contribution is -0.139. The van der Waals surface area contributed by atoms with Crippen molar-refractivity contribution in [1.82, 2.24) is 15.5 Å². The second kappa shape index (κ2) is 13.2. The van der Waals surface area contributed by atoms with E-state index in [1.54, 1.807) is 30.3 Å². The molecule has 4 rings (SSSR count). The van der Waals surface area contributed by atoms with Gasteiger partial charge in [0.2, 0.25) is 28.2 Å². The Labute approximate surface area is 237 Å². The molecular formula is C28H29N5O7S. The number of carbonyl (C=O) groups is 4. The largest absolute Gasteiger partial charge is 0.480 e. The van der Waals surface area contributed by atoms with Crippen LogP contribution in [0.3, 0.4) is 0 Å². The Morgan fingerprint density at radius 1 is 1.02 bits per heavy atom. The number of hydrogen-bond donors (Lipinski definition) is 4. The van der Waals surface area contributed by atoms with Gasteiger partial charge >= 0.3 is 5.97 Å². The van der Waals surface area contributed by atoms with Gasteiger partial charge in [-0.25, -0.2) is 18.9 Å². The molecule has 0 radical (unpaired) electrons. The summed E-state index contributed by atoms with van der Waals surface area (Å²) < 4.78 is 27.1. The first-order chi connectivity index (χ1) is 19.7. The molecule has 0 saturated carbocycles. The number of nitrogens with one attached hydrogen (secondary N) is 3. The van der Waals surface area contributed by atoms with Gasteiger partial charge in [-0.05, 0) is 35.9 Å². The number of rotatable bonds is 13. The lowest BCUT2D eigenvalue weighted by atomic mass is 10.1. The minimum atomic E-state index is -4.14. The molecule has 0 aliphatic carbocycles. The molecule has 1 aliphatic heterocycles. The van der Waals surface area contributed by atoms with Crippen molar-refractivity contribution in [3.05, 3.63) is 90.5 Å². The molecule has 1 fully saturated rings. The average Bonchev–Trinajstić information content (AvgIpc) is 3.38. The van der Waals surface area contributed by atoms with Crippen LogP contribution in [0.25, 0.3) is 0 Å². The number of benzene rings is 3. The Bertz CT molecular complexity index is 1500. The van der Waals surface area contributed by atoms with Crippen molar-refractivity contribution in [2.24, 2.45) is 5.92 Å². The second-order valence-corrected chi connectivity index (χ2v) is 11.0. The Morgan fingerprint density at radius 3 is 2.37 bits per heavy atom. The van der Waals surface area contributed by atoms with E-state index in [0.717, 1.165) is 5.56 Å². The van der Waals surface area contributed by atoms with Crippen LogP contribution in [0.15, 0.2) is 89.8 Å². The number of aliphatic carboxylic acids is 1. The zero-order valence-electron chi connectivity index (χ0n) is 21.8. The van der Waals surface area contributed by atoms with Crippen LogP contribution in [0.4, 0.5) is 11.4 Å². The van der Waals surface area contributed by atoms with Gasteiger partial charge in [0.25, 0.3) is 0 Å². The molecule has 3 aromatic rings. The molecule has 2 atom stereocenters. The van der Waals surface area contributed by atoms with Crippen LogP contribution in [0.2, 0.25) is 0 Å². The summed E-state index contributed by atoms with van der Waals surface area (Å²) in [7, 11) is -4.14. The highest BCUT2D eigenvalue weighted by atomic mass is 32.2. The first kappa shape index (κ1) is 29.4. The van der Waals surface area contributed by atoms with Crippen LogP contribution in [0, 0.1) is 5.92 Å². The van der Waals surface area contributed by atoms with Crippen LogP contribution >= 0.6 is 0 Å². The fourth-order valence-electron chi connectivity index (χ4n) is 4.29. The third kappa shape index (κ3) is 7.54. The van der Waals surface area contributed by atoms with Gasteiger partial charge in [0.05, 0.1) is 16.5 Å². The summed E-state index contributed by atoms with van der Waals surface area (Å²) in [6, 6.07) is 21.9. The van der Waals surface area contributed by atoms with Gasteiger partial charge in [-0.3, -0.25) is 19.2 Å². The lowest BCUT2D eigenvalue weighted by Crippen LogP contribution is -2.49. The van der Waals surface area contributed by atoms with Crippen molar-refractivity contribution in [2.45, 2.75) is 23.9 Å². The molecule has 4 N–H and O–H groups in total. The summed E-state index contributed by atoms with van der Waals surface area (Å²) in [6.45, 7) is -0.0878. The van der Waals surface area contributed by atoms with Crippen molar-refractivity contribution < 1.29 is 32.7 Å². The summed E-state index contributed by atoms with van der Waals surface area (Å²) in [4.78, 5) is 50.4. The molecular weight excluding hydrogens is 550 g/mol. The molecule has 3 aromatic carbocycles. The van der Waals surface area contributed by atoms with Crippen LogP contribution < -0.4 is 25.4 Å². The molecule has 41 heavy (non-hydrogen) atoms. The lowest BCUT2D eigenvalue weighted by Gasteiger charge is -2.22. The van der Waals surface area contributed by atoms with Crippen molar-refractivity contribution in [3.8, 4) is 0 Å². The Balaban J connectivity index is 1.37. The third-order valence-corrected chi connectivity index (χ3v) is 7.93. The van der Waals surface area contributed by atoms with E-state index in [2.05, 4.69) is 15.5 Å². The molecule has 12 nitrogen and oxygen atoms in total. The predicted octanol–water partition coefficient (Wildman–Crippen LogP) is 1.26. The molecule has 214 valence electrons. The number of carboxylic acids is 1. The maximum absolute atomic E-state index is 12.8. The van der Waals surface area contributed by atoms with Gasteiger partial charge in [-0.1, -0.05) is 54.6 Å². The summed E-state index contributed by atoms with van der Waals surface area (Å²) >= 11 is 0. The number of hydrazine groups is 1. The van der Waals surface area contributed by atoms with E-state index in [1.165, 1.54) is 34.2 Å². The molecule has 2 unspecified atom stereocenters. The van der Waals surface area contributed by atoms with Crippen LogP contribution in [-0.4, -0.2) is 56.8 Å². The number of amides is 3. The quantitative estimate of drug-likeness (QED) is 0.174. The number of hydrogen-bond acceptors (Lipinski definition) is 7. The Hall–Kier alpha value is -4.59. The van der Waals surface area contributed by atoms with Crippen LogP contribution in [0.1, 0.15) is 12.0 Å². The number of sulfonamides is 1. The summed E-state index contributed by atoms with van der Waals surface area (Å²) in [5.74, 6) is -3.16. The summed E-state index contributed by atoms with van der Waals surface area (Å²) in [5.41, 5.74) is 4.96. The number of carboxylic acid groups (broad SMARTS) is 1. The monoisotopic (exact) mass is 579 g/mol. The minimum Gasteiger partial charge on any atom is -0.480 e. The van der Waals surface area contributed by atoms with Crippen LogP contribution in [-0.2, 0) is 35.7 Å². The molecule has 0 aromatic heterocycles. The number of nitrogens with zero attached hydrogens (tertiary/aromatic N) is 2. The van der Waals surface area contributed by atoms with Gasteiger partial charge in [0.15, 0.2) is 0 Å². The first-order valence-electron chi connectivity index (χ1n) is 12.7. The van der Waals surface area contributed by atoms with Crippen molar-refractivity contribution in [3.63, 3.8) is 0 Å². The topological polar surface area (TPSA) is 165 Å². The Morgan fingerprint density at radius 2 is 1.71 bits per heavy atom. The Kier molecular flexibility index (Phi) is 9.45. The molecule has 1 aliphatic rings. The van der Waals surface area contributed by atoms with E-state index in [4.69, 9.17) is 0 Å². The predicted molar refractivity (Wildman–Crippen MR) is 150 cm³/mol. The minimum absolute atomic E-state index is 0.0279. The maximum atomic E-state index is 12.8. The fraction of sp³-hybridized carbons (Fsp3) is 0.214. The fourth-order valence-corrected chi connectivity index (χ4v) is 5.50. The molecule has 0 spiro atoms. The summed E-state index contributed by atoms with van der Waals surface area (Å²) in [5, 5.41) is 13.3. The normalized spacial score (nSPS) is 15.8. The standard InChI is InChI=1S/C28H29N5O7S/c34-19-33(30-16-20-8-3-1-4-9-20)23-11-7-10-22(15-23)32-18-21(14-26(32)35)27(36)29-17-25(28(37)38)31-41(39,40)24-12-5-2-6-13-24/h1-13,15,19,21,25,30-31H,14,16-18H2,(H,29,36)(H,37,38). The number of anilines is 2. The van der Waals surface area contributed by atoms with E-state index in [-0.39, 0.29) is 23.8 Å². The third-order valence-electron chi connectivity index (χ3n) is 6.45. The van der Waals surface area contributed by atoms with Gasteiger partial charge < -0.3 is 15.3 Å². The van der Waals surface area contributed by atoms with Gasteiger partial charge in [0, 0.05) is 31.7 Å². The zero-order valence-corrected chi connectivity index (χ0v) is 22.7. The summed E-state index contributed by atoms with van der Waals surface area (Å²) in [6.07, 6.45) is 0.502. The molecule has 1 saturated heterocycles. The van der Waals surface area contributed by atoms with Gasteiger partial charge in [-0.2, -0.15) is 4.72 Å². The van der Waals surface area contributed by atoms with Gasteiger partial charge in [-0.15, -0.1) is 0 Å². The van der Waals surface area contributed by atoms with E-state index in [0.29, 0.717) is 24.3 Å². The van der Waals surface area contributed by atoms with Crippen LogP contribution in [0.5, 0.6) is 0 Å². The second-order valence-electron chi connectivity index (χ2n) is 9.29. The van der Waals surface area contributed by atoms with E-state index < -0.39 is 40.4 Å². The van der Waals surface area contributed by atoms with Gasteiger partial charge in [0.1, 0.15) is 6.04 Å². The maximum Gasteiger partial charge on any atom is 0.323 e. The van der Waals surface area contributed by atoms with Crippen molar-refractivity contribution >= 4 is 45.6 Å². The van der Waals surface area contributed by atoms with E-state index in [9.17, 15) is 32.7 Å². The molecule has 13 heteroatoms. The average molecular weight is 580 g/mol. The SMILES string of the molecule is O=CN(NCc1ccccc1)c1cccc(N2CC(C(=O)NCC(NS(=O)(=O)c3ccccc3)C(=O)O)CC2=O)c1. The zero-order chi connectivity index (χ0) is 29.4. The first-order valence-corrected chi connectivity index (χ1v) is 14.2. The van der Waals surface area contributed by atoms with E-state index >= 15 is 0 Å². The van der Waals surface area contributed by atoms with Crippen molar-refractivity contribution in [1.29, 1.82) is 0 Å². The van der Waals surface area contributed by atoms with Crippen molar-refractivity contribution in [2.75, 3.05) is 23.0 Å².